The van der Waals surface area contributed by atoms with E-state index in [-0.39, 0.29) is 12.4 Å². The highest BCUT2D eigenvalue weighted by Gasteiger charge is 2.30. The highest BCUT2D eigenvalue weighted by atomic mass is 19.1. The maximum Gasteiger partial charge on any atom is 0.123 e. The number of likely N-dealkylation sites (tertiary alicyclic amines) is 2. The second-order valence-electron chi connectivity index (χ2n) is 6.61. The normalized spacial score (nSPS) is 26.0. The van der Waals surface area contributed by atoms with E-state index in [2.05, 4.69) is 9.80 Å². The molecule has 128 valence electrons. The van der Waals surface area contributed by atoms with E-state index < -0.39 is 0 Å². The maximum atomic E-state index is 12.9. The van der Waals surface area contributed by atoms with E-state index in [1.54, 1.807) is 12.1 Å². The molecule has 0 aliphatic carbocycles. The molecule has 0 radical (unpaired) electrons. The average molecular weight is 322 g/mol. The minimum absolute atomic E-state index is 0.235. The summed E-state index contributed by atoms with van der Waals surface area (Å²) in [5, 5.41) is 9.46. The Morgan fingerprint density at radius 2 is 1.74 bits per heavy atom. The van der Waals surface area contributed by atoms with Crippen LogP contribution in [0.5, 0.6) is 5.75 Å². The van der Waals surface area contributed by atoms with E-state index in [0.717, 1.165) is 38.3 Å². The van der Waals surface area contributed by atoms with Crippen LogP contribution >= 0.6 is 0 Å². The highest BCUT2D eigenvalue weighted by molar-refractivity contribution is 5.21. The largest absolute Gasteiger partial charge is 0.492 e. The van der Waals surface area contributed by atoms with Crippen LogP contribution in [0.4, 0.5) is 4.39 Å². The molecule has 0 amide bonds. The lowest BCUT2D eigenvalue weighted by Gasteiger charge is -2.31. The number of nitrogens with zero attached hydrogens (tertiary/aromatic N) is 2. The summed E-state index contributed by atoms with van der Waals surface area (Å²) in [6.07, 6.45) is 4.78. The third kappa shape index (κ3) is 4.43. The second-order valence-corrected chi connectivity index (χ2v) is 6.61. The van der Waals surface area contributed by atoms with Gasteiger partial charge in [-0.25, -0.2) is 4.39 Å². The molecule has 2 aliphatic rings. The van der Waals surface area contributed by atoms with Gasteiger partial charge in [0.2, 0.25) is 0 Å². The average Bonchev–Trinajstić information content (AvgIpc) is 3.19. The number of aliphatic hydroxyl groups is 1. The molecule has 2 fully saturated rings. The van der Waals surface area contributed by atoms with Crippen LogP contribution in [0.1, 0.15) is 25.7 Å². The number of ether oxygens (including phenoxy) is 1. The molecule has 23 heavy (non-hydrogen) atoms. The van der Waals surface area contributed by atoms with Crippen molar-refractivity contribution in [3.8, 4) is 5.75 Å². The Morgan fingerprint density at radius 1 is 1.04 bits per heavy atom. The first-order valence-corrected chi connectivity index (χ1v) is 8.73. The maximum absolute atomic E-state index is 12.9. The number of benzene rings is 1. The second kappa shape index (κ2) is 8.08. The minimum Gasteiger partial charge on any atom is -0.492 e. The molecule has 2 heterocycles. The first-order chi connectivity index (χ1) is 11.3. The number of halogens is 1. The van der Waals surface area contributed by atoms with Gasteiger partial charge < -0.3 is 9.84 Å². The van der Waals surface area contributed by atoms with Crippen molar-refractivity contribution in [1.82, 2.24) is 9.80 Å². The van der Waals surface area contributed by atoms with Crippen LogP contribution < -0.4 is 4.74 Å². The van der Waals surface area contributed by atoms with Crippen LogP contribution in [0.15, 0.2) is 24.3 Å². The summed E-state index contributed by atoms with van der Waals surface area (Å²) in [5.74, 6) is 0.489. The molecule has 0 unspecified atom stereocenters. The third-order valence-electron chi connectivity index (χ3n) is 5.12. The zero-order valence-electron chi connectivity index (χ0n) is 13.7. The van der Waals surface area contributed by atoms with Crippen LogP contribution in [0, 0.1) is 5.82 Å². The molecule has 5 heteroatoms. The molecule has 0 aromatic heterocycles. The fourth-order valence-corrected chi connectivity index (χ4v) is 3.82. The molecule has 3 rings (SSSR count). The van der Waals surface area contributed by atoms with E-state index in [4.69, 9.17) is 4.74 Å². The summed E-state index contributed by atoms with van der Waals surface area (Å²) in [6.45, 7) is 5.10. The standard InChI is InChI=1S/C18H27FN2O2/c19-15-5-7-18(8-6-15)23-12-11-20-9-1-3-16(20)13-21-10-2-4-17(21)14-22/h5-8,16-17,22H,1-4,9-14H2/t16-,17+/m1/s1. The van der Waals surface area contributed by atoms with Crippen molar-refractivity contribution >= 4 is 0 Å². The summed E-state index contributed by atoms with van der Waals surface area (Å²) in [5.41, 5.74) is 0. The van der Waals surface area contributed by atoms with Crippen LogP contribution in [0.25, 0.3) is 0 Å². The molecule has 2 aliphatic heterocycles. The number of aliphatic hydroxyl groups excluding tert-OH is 1. The lowest BCUT2D eigenvalue weighted by molar-refractivity contribution is 0.115. The summed E-state index contributed by atoms with van der Waals surface area (Å²) < 4.78 is 18.6. The van der Waals surface area contributed by atoms with Gasteiger partial charge in [0.25, 0.3) is 0 Å². The van der Waals surface area contributed by atoms with Crippen molar-refractivity contribution in [1.29, 1.82) is 0 Å². The van der Waals surface area contributed by atoms with Crippen LogP contribution in [-0.4, -0.2) is 66.4 Å². The van der Waals surface area contributed by atoms with Gasteiger partial charge in [0.1, 0.15) is 18.2 Å². The highest BCUT2D eigenvalue weighted by Crippen LogP contribution is 2.23. The molecule has 2 saturated heterocycles. The van der Waals surface area contributed by atoms with Gasteiger partial charge in [0.05, 0.1) is 6.61 Å². The van der Waals surface area contributed by atoms with Gasteiger partial charge in [-0.15, -0.1) is 0 Å². The molecule has 1 aromatic carbocycles. The van der Waals surface area contributed by atoms with Crippen LogP contribution in [0.3, 0.4) is 0 Å². The van der Waals surface area contributed by atoms with Gasteiger partial charge in [0.15, 0.2) is 0 Å². The third-order valence-corrected chi connectivity index (χ3v) is 5.12. The molecular weight excluding hydrogens is 295 g/mol. The number of hydrogen-bond donors (Lipinski definition) is 1. The van der Waals surface area contributed by atoms with Crippen LogP contribution in [-0.2, 0) is 0 Å². The van der Waals surface area contributed by atoms with Gasteiger partial charge in [-0.05, 0) is 63.0 Å². The van der Waals surface area contributed by atoms with Gasteiger partial charge in [-0.2, -0.15) is 0 Å². The van der Waals surface area contributed by atoms with Gasteiger partial charge in [-0.3, -0.25) is 9.80 Å². The van der Waals surface area contributed by atoms with Crippen molar-refractivity contribution < 1.29 is 14.2 Å². The van der Waals surface area contributed by atoms with Crippen molar-refractivity contribution in [3.05, 3.63) is 30.1 Å². The Hall–Kier alpha value is -1.17. The van der Waals surface area contributed by atoms with E-state index in [9.17, 15) is 9.50 Å². The minimum atomic E-state index is -0.235. The van der Waals surface area contributed by atoms with E-state index in [1.165, 1.54) is 31.4 Å². The van der Waals surface area contributed by atoms with Crippen LogP contribution in [0.2, 0.25) is 0 Å². The topological polar surface area (TPSA) is 35.9 Å². The predicted molar refractivity (Wildman–Crippen MR) is 88.2 cm³/mol. The first kappa shape index (κ1) is 16.7. The summed E-state index contributed by atoms with van der Waals surface area (Å²) in [4.78, 5) is 4.94. The molecule has 0 bridgehead atoms. The number of hydrogen-bond acceptors (Lipinski definition) is 4. The predicted octanol–water partition coefficient (Wildman–Crippen LogP) is 2.13. The number of rotatable bonds is 7. The Kier molecular flexibility index (Phi) is 5.86. The Labute approximate surface area is 137 Å². The summed E-state index contributed by atoms with van der Waals surface area (Å²) >= 11 is 0. The van der Waals surface area contributed by atoms with Crippen molar-refractivity contribution in [2.45, 2.75) is 37.8 Å². The molecule has 1 N–H and O–H groups in total. The fraction of sp³-hybridized carbons (Fsp3) is 0.667. The van der Waals surface area contributed by atoms with Gasteiger partial charge in [-0.1, -0.05) is 0 Å². The zero-order valence-corrected chi connectivity index (χ0v) is 13.7. The summed E-state index contributed by atoms with van der Waals surface area (Å²) in [6, 6.07) is 7.12. The molecule has 2 atom stereocenters. The molecule has 0 spiro atoms. The zero-order chi connectivity index (χ0) is 16.1. The lowest BCUT2D eigenvalue weighted by atomic mass is 10.2. The SMILES string of the molecule is OC[C@@H]1CCCN1C[C@H]1CCCN1CCOc1ccc(F)cc1. The molecule has 1 aromatic rings. The molecule has 0 saturated carbocycles. The van der Waals surface area contributed by atoms with E-state index in [0.29, 0.717) is 18.7 Å². The Balaban J connectivity index is 1.44. The Bertz CT molecular complexity index is 482. The molecular formula is C18H27FN2O2. The van der Waals surface area contributed by atoms with E-state index >= 15 is 0 Å². The smallest absolute Gasteiger partial charge is 0.123 e. The van der Waals surface area contributed by atoms with Crippen molar-refractivity contribution in [3.63, 3.8) is 0 Å². The van der Waals surface area contributed by atoms with Gasteiger partial charge >= 0.3 is 0 Å². The first-order valence-electron chi connectivity index (χ1n) is 8.73. The monoisotopic (exact) mass is 322 g/mol. The van der Waals surface area contributed by atoms with Gasteiger partial charge in [0, 0.05) is 25.2 Å². The quantitative estimate of drug-likeness (QED) is 0.834. The van der Waals surface area contributed by atoms with Crippen molar-refractivity contribution in [2.75, 3.05) is 39.4 Å². The molecule has 4 nitrogen and oxygen atoms in total. The summed E-state index contributed by atoms with van der Waals surface area (Å²) in [7, 11) is 0. The lowest BCUT2D eigenvalue weighted by Crippen LogP contribution is -2.44. The Morgan fingerprint density at radius 3 is 2.48 bits per heavy atom. The van der Waals surface area contributed by atoms with Crippen molar-refractivity contribution in [2.24, 2.45) is 0 Å². The fourth-order valence-electron chi connectivity index (χ4n) is 3.82. The van der Waals surface area contributed by atoms with E-state index in [1.807, 2.05) is 0 Å².